The molecule has 0 unspecified atom stereocenters. The summed E-state index contributed by atoms with van der Waals surface area (Å²) in [4.78, 5) is 16.6. The average molecular weight is 547 g/mol. The lowest BCUT2D eigenvalue weighted by molar-refractivity contribution is 0.464. The minimum Gasteiger partial charge on any atom is -0.505 e. The zero-order valence-electron chi connectivity index (χ0n) is 18.5. The van der Waals surface area contributed by atoms with Crippen molar-refractivity contribution in [2.75, 3.05) is 16.3 Å². The molecule has 0 bridgehead atoms. The lowest BCUT2D eigenvalue weighted by atomic mass is 10.1. The molecule has 4 N–H and O–H groups in total. The second-order valence-electron chi connectivity index (χ2n) is 7.86. The number of sulfonamides is 2. The summed E-state index contributed by atoms with van der Waals surface area (Å²) in [6.07, 6.45) is 4.31. The lowest BCUT2D eigenvalue weighted by Gasteiger charge is -2.20. The standard InChI is InChI=1S/C21H18N6O6S3/c1-35(30,31)25-13-4-5-14-16(9-13)36(32,33)26-20(23-14)17-19(28)18(15-3-2-8-34-15)24-27(21(17)29)11-12-6-7-22-10-12/h2-10,22,25,28H,11H2,1H3,(H,23,26). The summed E-state index contributed by atoms with van der Waals surface area (Å²) >= 11 is 1.28. The van der Waals surface area contributed by atoms with Crippen LogP contribution in [0.3, 0.4) is 0 Å². The number of thiophene rings is 1. The van der Waals surface area contributed by atoms with Crippen molar-refractivity contribution >= 4 is 48.6 Å². The molecule has 4 heterocycles. The number of aromatic hydroxyl groups is 1. The smallest absolute Gasteiger partial charge is 0.286 e. The maximum Gasteiger partial charge on any atom is 0.286 e. The SMILES string of the molecule is CS(=O)(=O)Nc1ccc2c(c1)S(=O)(=O)N=C(c1c(O)c(-c3cccs3)nn(Cc3cc[nH]c3)c1=O)N2. The molecule has 3 aromatic heterocycles. The van der Waals surface area contributed by atoms with Crippen LogP contribution in [0.15, 0.2) is 68.3 Å². The van der Waals surface area contributed by atoms with E-state index in [0.717, 1.165) is 22.6 Å². The molecule has 0 amide bonds. The van der Waals surface area contributed by atoms with E-state index in [-0.39, 0.29) is 39.9 Å². The summed E-state index contributed by atoms with van der Waals surface area (Å²) < 4.78 is 56.2. The van der Waals surface area contributed by atoms with Crippen LogP contribution in [0.5, 0.6) is 5.75 Å². The molecule has 1 aliphatic heterocycles. The molecular weight excluding hydrogens is 528 g/mol. The Morgan fingerprint density at radius 1 is 1.22 bits per heavy atom. The lowest BCUT2D eigenvalue weighted by Crippen LogP contribution is -2.34. The first kappa shape index (κ1) is 23.8. The first-order chi connectivity index (χ1) is 17.0. The van der Waals surface area contributed by atoms with E-state index in [2.05, 4.69) is 24.5 Å². The van der Waals surface area contributed by atoms with Crippen LogP contribution in [-0.2, 0) is 26.6 Å². The van der Waals surface area contributed by atoms with Gasteiger partial charge in [-0.2, -0.15) is 13.5 Å². The quantitative estimate of drug-likeness (QED) is 0.284. The zero-order chi connectivity index (χ0) is 25.7. The van der Waals surface area contributed by atoms with Crippen LogP contribution in [0.4, 0.5) is 11.4 Å². The van der Waals surface area contributed by atoms with E-state index >= 15 is 0 Å². The van der Waals surface area contributed by atoms with E-state index in [1.807, 2.05) is 0 Å². The van der Waals surface area contributed by atoms with Gasteiger partial charge in [0, 0.05) is 18.1 Å². The number of hydrogen-bond donors (Lipinski definition) is 4. The van der Waals surface area contributed by atoms with Crippen LogP contribution < -0.4 is 15.6 Å². The molecule has 0 saturated heterocycles. The van der Waals surface area contributed by atoms with Crippen molar-refractivity contribution in [3.8, 4) is 16.3 Å². The van der Waals surface area contributed by atoms with Crippen molar-refractivity contribution in [3.05, 3.63) is 75.7 Å². The Balaban J connectivity index is 1.67. The number of H-pyrrole nitrogens is 1. The van der Waals surface area contributed by atoms with Crippen molar-refractivity contribution in [1.29, 1.82) is 0 Å². The Morgan fingerprint density at radius 3 is 2.69 bits per heavy atom. The van der Waals surface area contributed by atoms with Crippen molar-refractivity contribution in [2.24, 2.45) is 4.40 Å². The largest absolute Gasteiger partial charge is 0.505 e. The second-order valence-corrected chi connectivity index (χ2v) is 12.1. The van der Waals surface area contributed by atoms with Gasteiger partial charge in [-0.3, -0.25) is 9.52 Å². The molecule has 0 aliphatic carbocycles. The van der Waals surface area contributed by atoms with Crippen LogP contribution in [0.2, 0.25) is 0 Å². The van der Waals surface area contributed by atoms with E-state index in [1.54, 1.807) is 36.0 Å². The Kier molecular flexibility index (Phi) is 5.69. The van der Waals surface area contributed by atoms with Gasteiger partial charge in [0.15, 0.2) is 11.6 Å². The van der Waals surface area contributed by atoms with E-state index in [9.17, 15) is 26.7 Å². The van der Waals surface area contributed by atoms with Crippen molar-refractivity contribution < 1.29 is 21.9 Å². The summed E-state index contributed by atoms with van der Waals surface area (Å²) in [5.41, 5.74) is -0.201. The summed E-state index contributed by atoms with van der Waals surface area (Å²) in [6.45, 7) is 0.0606. The third-order valence-electron chi connectivity index (χ3n) is 5.14. The van der Waals surface area contributed by atoms with E-state index in [4.69, 9.17) is 0 Å². The highest BCUT2D eigenvalue weighted by molar-refractivity contribution is 7.92. The van der Waals surface area contributed by atoms with Gasteiger partial charge in [-0.1, -0.05) is 6.07 Å². The van der Waals surface area contributed by atoms with Crippen LogP contribution in [0.25, 0.3) is 10.6 Å². The number of amidine groups is 1. The molecule has 1 aliphatic rings. The molecule has 1 aromatic carbocycles. The molecule has 0 radical (unpaired) electrons. The monoisotopic (exact) mass is 546 g/mol. The normalized spacial score (nSPS) is 14.5. The number of nitrogens with zero attached hydrogens (tertiary/aromatic N) is 3. The predicted molar refractivity (Wildman–Crippen MR) is 136 cm³/mol. The van der Waals surface area contributed by atoms with Crippen molar-refractivity contribution in [3.63, 3.8) is 0 Å². The third kappa shape index (κ3) is 4.50. The van der Waals surface area contributed by atoms with Crippen molar-refractivity contribution in [2.45, 2.75) is 11.4 Å². The van der Waals surface area contributed by atoms with Gasteiger partial charge in [-0.25, -0.2) is 13.1 Å². The third-order valence-corrected chi connectivity index (χ3v) is 7.94. The molecular formula is C21H18N6O6S3. The van der Waals surface area contributed by atoms with Crippen LogP contribution >= 0.6 is 11.3 Å². The van der Waals surface area contributed by atoms with Gasteiger partial charge >= 0.3 is 0 Å². The highest BCUT2D eigenvalue weighted by atomic mass is 32.2. The Morgan fingerprint density at radius 2 is 2.03 bits per heavy atom. The zero-order valence-corrected chi connectivity index (χ0v) is 20.9. The maximum atomic E-state index is 13.4. The molecule has 0 saturated carbocycles. The highest BCUT2D eigenvalue weighted by Crippen LogP contribution is 2.35. The molecule has 0 fully saturated rings. The summed E-state index contributed by atoms with van der Waals surface area (Å²) in [5.74, 6) is -0.898. The molecule has 186 valence electrons. The molecule has 12 nitrogen and oxygen atoms in total. The van der Waals surface area contributed by atoms with Gasteiger partial charge in [-0.05, 0) is 41.3 Å². The minimum absolute atomic E-state index is 0.0286. The van der Waals surface area contributed by atoms with E-state index in [1.165, 1.54) is 23.5 Å². The first-order valence-corrected chi connectivity index (χ1v) is 14.5. The topological polar surface area (TPSA) is 176 Å². The number of rotatable bonds is 6. The number of benzene rings is 1. The molecule has 4 aromatic rings. The van der Waals surface area contributed by atoms with Crippen LogP contribution in [0, 0.1) is 0 Å². The van der Waals surface area contributed by atoms with Gasteiger partial charge in [0.25, 0.3) is 15.6 Å². The fourth-order valence-corrected chi connectivity index (χ4v) is 6.05. The van der Waals surface area contributed by atoms with Crippen LogP contribution in [0.1, 0.15) is 11.1 Å². The Labute approximate surface area is 209 Å². The number of aromatic nitrogens is 3. The van der Waals surface area contributed by atoms with Gasteiger partial charge in [-0.15, -0.1) is 15.7 Å². The Hall–Kier alpha value is -3.95. The maximum absolute atomic E-state index is 13.4. The van der Waals surface area contributed by atoms with Gasteiger partial charge in [0.2, 0.25) is 10.0 Å². The number of anilines is 2. The average Bonchev–Trinajstić information content (AvgIpc) is 3.49. The molecule has 15 heteroatoms. The van der Waals surface area contributed by atoms with Crippen LogP contribution in [-0.4, -0.2) is 48.8 Å². The van der Waals surface area contributed by atoms with Crippen molar-refractivity contribution in [1.82, 2.24) is 14.8 Å². The Bertz CT molecular complexity index is 1770. The first-order valence-electron chi connectivity index (χ1n) is 10.3. The molecule has 36 heavy (non-hydrogen) atoms. The predicted octanol–water partition coefficient (Wildman–Crippen LogP) is 1.99. The number of fused-ring (bicyclic) bond motifs is 1. The number of hydrogen-bond acceptors (Lipinski definition) is 9. The second kappa shape index (κ2) is 8.61. The van der Waals surface area contributed by atoms with E-state index < -0.39 is 31.4 Å². The fourth-order valence-electron chi connectivity index (χ4n) is 3.64. The van der Waals surface area contributed by atoms with Gasteiger partial charge in [0.1, 0.15) is 16.2 Å². The molecule has 5 rings (SSSR count). The fraction of sp³-hybridized carbons (Fsp3) is 0.0952. The van der Waals surface area contributed by atoms with E-state index in [0.29, 0.717) is 4.88 Å². The van der Waals surface area contributed by atoms with Gasteiger partial charge in [0.05, 0.1) is 23.4 Å². The highest BCUT2D eigenvalue weighted by Gasteiger charge is 2.31. The molecule has 0 atom stereocenters. The summed E-state index contributed by atoms with van der Waals surface area (Å²) in [6, 6.07) is 9.03. The summed E-state index contributed by atoms with van der Waals surface area (Å²) in [5, 5.41) is 20.0. The summed E-state index contributed by atoms with van der Waals surface area (Å²) in [7, 11) is -8.02. The molecule has 0 spiro atoms. The number of aromatic amines is 1. The number of nitrogens with one attached hydrogen (secondary N) is 3. The minimum atomic E-state index is -4.37. The van der Waals surface area contributed by atoms with Gasteiger partial charge < -0.3 is 15.4 Å².